The number of hydrogen-bond acceptors (Lipinski definition) is 16. The number of Topliss-reactive ketones (excluding diaryl/α,β-unsaturated/α-hetero) is 1. The van der Waals surface area contributed by atoms with Gasteiger partial charge in [-0.3, -0.25) is 24.0 Å². The number of methoxy groups -OCH3 is 1. The van der Waals surface area contributed by atoms with Crippen molar-refractivity contribution in [3.8, 4) is 17.2 Å². The first-order valence-electron chi connectivity index (χ1n) is 17.2. The SMILES string of the molecule is COc1cccc2c1C(=O)c1c(O)c3c(c(O)c1C2=O)CC(O)(C(=O)CO)CC3O[C@H]1C[C@H](NCCC(C)(C)C(OC(C)=O)OC(C)=O)[C@H](O)[C@H](C)O1. The largest absolute Gasteiger partial charge is 0.507 e. The van der Waals surface area contributed by atoms with Crippen LogP contribution in [-0.2, 0) is 39.8 Å². The topological polar surface area (TPSA) is 245 Å². The maximum Gasteiger partial charge on any atom is 0.305 e. The fourth-order valence-electron chi connectivity index (χ4n) is 7.26. The predicted molar refractivity (Wildman–Crippen MR) is 181 cm³/mol. The molecule has 1 saturated heterocycles. The number of aliphatic hydroxyl groups excluding tert-OH is 2. The first-order valence-corrected chi connectivity index (χ1v) is 17.2. The minimum Gasteiger partial charge on any atom is -0.507 e. The highest BCUT2D eigenvalue weighted by atomic mass is 16.7. The van der Waals surface area contributed by atoms with Gasteiger partial charge in [0.1, 0.15) is 29.5 Å². The fourth-order valence-corrected chi connectivity index (χ4v) is 7.26. The lowest BCUT2D eigenvalue weighted by molar-refractivity contribution is -0.250. The molecular weight excluding hydrogens is 698 g/mol. The van der Waals surface area contributed by atoms with Gasteiger partial charge in [0.15, 0.2) is 17.9 Å². The zero-order chi connectivity index (χ0) is 39.2. The van der Waals surface area contributed by atoms with Gasteiger partial charge in [0.25, 0.3) is 6.29 Å². The van der Waals surface area contributed by atoms with Crippen molar-refractivity contribution in [1.82, 2.24) is 5.32 Å². The Morgan fingerprint density at radius 2 is 1.68 bits per heavy atom. The Morgan fingerprint density at radius 3 is 2.28 bits per heavy atom. The highest BCUT2D eigenvalue weighted by Crippen LogP contribution is 2.52. The van der Waals surface area contributed by atoms with Crippen LogP contribution < -0.4 is 10.1 Å². The van der Waals surface area contributed by atoms with Gasteiger partial charge < -0.3 is 54.5 Å². The van der Waals surface area contributed by atoms with Crippen LogP contribution in [0.5, 0.6) is 17.2 Å². The maximum atomic E-state index is 13.9. The summed E-state index contributed by atoms with van der Waals surface area (Å²) in [7, 11) is 1.31. The summed E-state index contributed by atoms with van der Waals surface area (Å²) in [6, 6.07) is 3.65. The van der Waals surface area contributed by atoms with Crippen LogP contribution in [-0.4, -0.2) is 112 Å². The van der Waals surface area contributed by atoms with Crippen LogP contribution >= 0.6 is 0 Å². The molecule has 0 saturated carbocycles. The summed E-state index contributed by atoms with van der Waals surface area (Å²) in [6.07, 6.45) is -6.50. The van der Waals surface area contributed by atoms with E-state index >= 15 is 0 Å². The molecule has 0 bridgehead atoms. The molecule has 5 rings (SSSR count). The summed E-state index contributed by atoms with van der Waals surface area (Å²) in [4.78, 5) is 63.9. The third-order valence-corrected chi connectivity index (χ3v) is 10.1. The van der Waals surface area contributed by atoms with Crippen molar-refractivity contribution >= 4 is 29.3 Å². The number of aliphatic hydroxyl groups is 3. The molecule has 6 atom stereocenters. The average Bonchev–Trinajstić information content (AvgIpc) is 3.09. The Hall–Kier alpha value is -4.45. The number of aromatic hydroxyl groups is 2. The number of carbonyl (C=O) groups excluding carboxylic acids is 5. The number of rotatable bonds is 12. The molecule has 2 aromatic rings. The van der Waals surface area contributed by atoms with E-state index in [-0.39, 0.29) is 41.0 Å². The van der Waals surface area contributed by atoms with Gasteiger partial charge in [-0.1, -0.05) is 26.0 Å². The summed E-state index contributed by atoms with van der Waals surface area (Å²) in [5, 5.41) is 58.9. The summed E-state index contributed by atoms with van der Waals surface area (Å²) in [6.45, 7) is 6.63. The van der Waals surface area contributed by atoms with Gasteiger partial charge >= 0.3 is 11.9 Å². The van der Waals surface area contributed by atoms with Crippen LogP contribution in [0.1, 0.15) is 103 Å². The third-order valence-electron chi connectivity index (χ3n) is 10.1. The minimum absolute atomic E-state index is 0.0128. The molecule has 0 spiro atoms. The molecule has 1 fully saturated rings. The lowest BCUT2D eigenvalue weighted by Gasteiger charge is -2.43. The lowest BCUT2D eigenvalue weighted by atomic mass is 9.72. The summed E-state index contributed by atoms with van der Waals surface area (Å²) >= 11 is 0. The van der Waals surface area contributed by atoms with Crippen LogP contribution in [0.2, 0.25) is 0 Å². The number of phenols is 2. The molecule has 3 aliphatic rings. The van der Waals surface area contributed by atoms with Gasteiger partial charge in [-0.2, -0.15) is 0 Å². The van der Waals surface area contributed by atoms with E-state index in [1.807, 2.05) is 0 Å². The number of esters is 2. The monoisotopic (exact) mass is 743 g/mol. The number of carbonyl (C=O) groups is 5. The van der Waals surface area contributed by atoms with E-state index in [0.29, 0.717) is 6.42 Å². The van der Waals surface area contributed by atoms with E-state index in [0.717, 1.165) is 0 Å². The van der Waals surface area contributed by atoms with Crippen LogP contribution in [0.15, 0.2) is 18.2 Å². The van der Waals surface area contributed by atoms with Crippen molar-refractivity contribution in [1.29, 1.82) is 0 Å². The summed E-state index contributed by atoms with van der Waals surface area (Å²) < 4.78 is 28.0. The number of phenolic OH excluding ortho intramolecular Hbond substituents is 2. The van der Waals surface area contributed by atoms with Crippen molar-refractivity contribution in [3.63, 3.8) is 0 Å². The second-order valence-corrected chi connectivity index (χ2v) is 14.3. The van der Waals surface area contributed by atoms with Gasteiger partial charge in [-0.15, -0.1) is 0 Å². The Labute approximate surface area is 304 Å². The van der Waals surface area contributed by atoms with Gasteiger partial charge in [-0.05, 0) is 26.0 Å². The predicted octanol–water partition coefficient (Wildman–Crippen LogP) is 1.50. The fraction of sp³-hybridized carbons (Fsp3) is 0.541. The molecule has 16 heteroatoms. The second-order valence-electron chi connectivity index (χ2n) is 14.3. The van der Waals surface area contributed by atoms with Gasteiger partial charge in [0, 0.05) is 61.3 Å². The quantitative estimate of drug-likeness (QED) is 0.0874. The molecule has 6 N–H and O–H groups in total. The van der Waals surface area contributed by atoms with E-state index < -0.39 is 119 Å². The Balaban J connectivity index is 1.46. The van der Waals surface area contributed by atoms with E-state index in [2.05, 4.69) is 5.32 Å². The number of hydrogen-bond donors (Lipinski definition) is 6. The first-order chi connectivity index (χ1) is 24.8. The third kappa shape index (κ3) is 7.52. The molecule has 0 radical (unpaired) electrons. The molecule has 1 heterocycles. The smallest absolute Gasteiger partial charge is 0.305 e. The standard InChI is InChI=1S/C37H45NO15/c1-16-30(43)21(38-11-10-36(4,5)35(51-17(2)40)52-18(3)41)12-25(50-16)53-23-14-37(48,24(42)15-39)13-20-27(23)34(47)29-28(32(20)45)31(44)19-8-7-9-22(49-6)26(19)33(29)46/h7-9,16,21,23,25,30,35,38-39,43,45,47-48H,10-15H2,1-6H3/t16-,21-,23?,25-,30+,37?/m0/s1. The minimum atomic E-state index is -2.32. The highest BCUT2D eigenvalue weighted by Gasteiger charge is 2.50. The molecular formula is C37H45NO15. The molecule has 16 nitrogen and oxygen atoms in total. The van der Waals surface area contributed by atoms with Crippen molar-refractivity contribution < 1.29 is 73.2 Å². The van der Waals surface area contributed by atoms with Gasteiger partial charge in [-0.25, -0.2) is 0 Å². The summed E-state index contributed by atoms with van der Waals surface area (Å²) in [5.74, 6) is -5.27. The Morgan fingerprint density at radius 1 is 1.04 bits per heavy atom. The zero-order valence-corrected chi connectivity index (χ0v) is 30.3. The van der Waals surface area contributed by atoms with Crippen molar-refractivity contribution in [2.75, 3.05) is 20.3 Å². The van der Waals surface area contributed by atoms with Crippen molar-refractivity contribution in [2.45, 2.75) is 103 Å². The van der Waals surface area contributed by atoms with E-state index in [4.69, 9.17) is 23.7 Å². The maximum absolute atomic E-state index is 13.9. The number of ketones is 3. The molecule has 0 aromatic heterocycles. The average molecular weight is 744 g/mol. The van der Waals surface area contributed by atoms with Crippen LogP contribution in [0.3, 0.4) is 0 Å². The van der Waals surface area contributed by atoms with Gasteiger partial charge in [0.2, 0.25) is 5.78 Å². The summed E-state index contributed by atoms with van der Waals surface area (Å²) in [5.41, 5.74) is -4.79. The second kappa shape index (κ2) is 15.1. The van der Waals surface area contributed by atoms with E-state index in [1.54, 1.807) is 20.8 Å². The zero-order valence-electron chi connectivity index (χ0n) is 30.3. The van der Waals surface area contributed by atoms with E-state index in [1.165, 1.54) is 39.2 Å². The number of benzene rings is 2. The van der Waals surface area contributed by atoms with Crippen molar-refractivity contribution in [3.05, 3.63) is 51.6 Å². The normalized spacial score (nSPS) is 25.3. The number of fused-ring (bicyclic) bond motifs is 3. The lowest BCUT2D eigenvalue weighted by Crippen LogP contribution is -2.55. The molecule has 53 heavy (non-hydrogen) atoms. The first kappa shape index (κ1) is 39.8. The molecule has 1 aliphatic heterocycles. The highest BCUT2D eigenvalue weighted by molar-refractivity contribution is 6.31. The van der Waals surface area contributed by atoms with Crippen LogP contribution in [0.25, 0.3) is 0 Å². The Kier molecular flexibility index (Phi) is 11.3. The van der Waals surface area contributed by atoms with Crippen LogP contribution in [0.4, 0.5) is 0 Å². The molecule has 2 aromatic carbocycles. The molecule has 2 unspecified atom stereocenters. The number of nitrogens with one attached hydrogen (secondary N) is 1. The number of ether oxygens (including phenoxy) is 5. The van der Waals surface area contributed by atoms with Crippen LogP contribution in [0, 0.1) is 5.41 Å². The molecule has 2 aliphatic carbocycles. The van der Waals surface area contributed by atoms with E-state index in [9.17, 15) is 49.5 Å². The van der Waals surface area contributed by atoms with Gasteiger partial charge in [0.05, 0.1) is 42.1 Å². The molecule has 288 valence electrons. The molecule has 0 amide bonds. The Bertz CT molecular complexity index is 1810. The van der Waals surface area contributed by atoms with Crippen molar-refractivity contribution in [2.24, 2.45) is 5.41 Å².